The van der Waals surface area contributed by atoms with E-state index >= 15 is 0 Å². The molecule has 0 spiro atoms. The summed E-state index contributed by atoms with van der Waals surface area (Å²) in [6, 6.07) is 35.9. The Balaban J connectivity index is 1.20. The number of nitrogens with one attached hydrogen (secondary N) is 2. The van der Waals surface area contributed by atoms with Crippen LogP contribution in [0.1, 0.15) is 17.0 Å². The molecule has 0 saturated heterocycles. The number of nitrogens with zero attached hydrogens (tertiary/aromatic N) is 3. The second-order valence-corrected chi connectivity index (χ2v) is 12.0. The lowest BCUT2D eigenvalue weighted by Gasteiger charge is -2.22. The monoisotopic (exact) mass is 680 g/mol. The maximum absolute atomic E-state index is 13.6. The first kappa shape index (κ1) is 33.0. The predicted molar refractivity (Wildman–Crippen MR) is 190 cm³/mol. The van der Waals surface area contributed by atoms with Crippen LogP contribution in [0.15, 0.2) is 120 Å². The van der Waals surface area contributed by atoms with Crippen molar-refractivity contribution in [1.29, 1.82) is 10.5 Å². The van der Waals surface area contributed by atoms with Crippen molar-refractivity contribution < 1.29 is 19.1 Å². The van der Waals surface area contributed by atoms with Crippen molar-refractivity contribution in [2.45, 2.75) is 5.92 Å². The summed E-state index contributed by atoms with van der Waals surface area (Å²) in [5, 5.41) is 25.9. The molecule has 1 atom stereocenters. The van der Waals surface area contributed by atoms with Gasteiger partial charge in [0.2, 0.25) is 0 Å². The third kappa shape index (κ3) is 7.31. The van der Waals surface area contributed by atoms with Crippen LogP contribution in [0.25, 0.3) is 17.5 Å². The number of nitriles is 2. The Bertz CT molecular complexity index is 2350. The average Bonchev–Trinajstić information content (AvgIpc) is 3.46. The molecule has 0 aliphatic carbocycles. The number of para-hydroxylation sites is 2. The molecule has 0 radical (unpaired) electrons. The number of aromatic nitrogens is 1. The fraction of sp³-hybridized carbons (Fsp3) is 0.0789. The van der Waals surface area contributed by atoms with Gasteiger partial charge in [-0.1, -0.05) is 60.7 Å². The molecule has 4 N–H and O–H groups in total. The topological polar surface area (TPSA) is 172 Å². The van der Waals surface area contributed by atoms with Crippen LogP contribution in [-0.4, -0.2) is 29.6 Å². The molecule has 0 fully saturated rings. The van der Waals surface area contributed by atoms with E-state index in [1.54, 1.807) is 78.9 Å². The van der Waals surface area contributed by atoms with E-state index in [0.717, 1.165) is 11.3 Å². The van der Waals surface area contributed by atoms with Crippen molar-refractivity contribution in [2.24, 2.45) is 5.73 Å². The van der Waals surface area contributed by atoms with Crippen molar-refractivity contribution in [3.8, 4) is 23.6 Å². The number of fused-ring (bicyclic) bond motifs is 1. The van der Waals surface area contributed by atoms with Crippen LogP contribution >= 0.6 is 11.3 Å². The van der Waals surface area contributed by atoms with E-state index < -0.39 is 11.5 Å². The SMILES string of the molecule is N#CC1=C(N)n2c(sc(=Cc3ccc(OCC(=O)Nc4ccccc4)cc3)c2=O)=C(C#N)C1c1ccc(OCC(=O)Nc2ccccc2)cc1. The largest absolute Gasteiger partial charge is 0.484 e. The van der Waals surface area contributed by atoms with Crippen LogP contribution < -0.4 is 40.6 Å². The van der Waals surface area contributed by atoms with E-state index in [1.807, 2.05) is 36.4 Å². The molecule has 12 heteroatoms. The van der Waals surface area contributed by atoms with Gasteiger partial charge in [0, 0.05) is 11.4 Å². The predicted octanol–water partition coefficient (Wildman–Crippen LogP) is 3.90. The van der Waals surface area contributed by atoms with Gasteiger partial charge in [-0.3, -0.25) is 19.0 Å². The number of allylic oxidation sites excluding steroid dienone is 1. The van der Waals surface area contributed by atoms with Gasteiger partial charge in [-0.2, -0.15) is 10.5 Å². The molecule has 1 aromatic heterocycles. The molecule has 246 valence electrons. The highest BCUT2D eigenvalue weighted by molar-refractivity contribution is 7.07. The van der Waals surface area contributed by atoms with Gasteiger partial charge in [-0.25, -0.2) is 0 Å². The lowest BCUT2D eigenvalue weighted by Crippen LogP contribution is -2.38. The second-order valence-electron chi connectivity index (χ2n) is 11.0. The number of carbonyl (C=O) groups is 2. The highest BCUT2D eigenvalue weighted by atomic mass is 32.1. The number of carbonyl (C=O) groups excluding carboxylic acids is 2. The number of thiazole rings is 1. The molecule has 11 nitrogen and oxygen atoms in total. The Hall–Kier alpha value is -6.89. The Morgan fingerprint density at radius 1 is 0.760 bits per heavy atom. The smallest absolute Gasteiger partial charge is 0.274 e. The minimum atomic E-state index is -0.818. The standard InChI is InChI=1S/C38H28N6O5S/c39-20-30-35(25-13-17-29(18-14-25)49-23-34(46)43-27-9-5-2-6-10-27)31(21-40)38-44(36(30)41)37(47)32(50-38)19-24-11-15-28(16-12-24)48-22-33(45)42-26-7-3-1-4-8-26/h1-19,35H,22-23,41H2,(H,42,45)(H,43,46). The third-order valence-electron chi connectivity index (χ3n) is 7.64. The van der Waals surface area contributed by atoms with Crippen molar-refractivity contribution in [2.75, 3.05) is 23.8 Å². The summed E-state index contributed by atoms with van der Waals surface area (Å²) in [4.78, 5) is 38.1. The van der Waals surface area contributed by atoms with Crippen LogP contribution in [0.5, 0.6) is 11.5 Å². The van der Waals surface area contributed by atoms with Gasteiger partial charge in [-0.15, -0.1) is 11.3 Å². The fourth-order valence-electron chi connectivity index (χ4n) is 5.29. The first-order valence-corrected chi connectivity index (χ1v) is 16.1. The van der Waals surface area contributed by atoms with E-state index in [9.17, 15) is 24.9 Å². The lowest BCUT2D eigenvalue weighted by molar-refractivity contribution is -0.118. The Labute approximate surface area is 290 Å². The summed E-state index contributed by atoms with van der Waals surface area (Å²) in [6.07, 6.45) is 1.66. The normalized spacial score (nSPS) is 13.8. The number of hydrogen-bond donors (Lipinski definition) is 3. The maximum atomic E-state index is 13.6. The average molecular weight is 681 g/mol. The molecule has 2 heterocycles. The van der Waals surface area contributed by atoms with Gasteiger partial charge >= 0.3 is 0 Å². The summed E-state index contributed by atoms with van der Waals surface area (Å²) in [5.41, 5.74) is 8.81. The summed E-state index contributed by atoms with van der Waals surface area (Å²) < 4.78 is 13.1. The summed E-state index contributed by atoms with van der Waals surface area (Å²) in [7, 11) is 0. The molecule has 6 rings (SSSR count). The molecule has 1 unspecified atom stereocenters. The highest BCUT2D eigenvalue weighted by Gasteiger charge is 2.32. The van der Waals surface area contributed by atoms with Crippen LogP contribution in [0.4, 0.5) is 11.4 Å². The van der Waals surface area contributed by atoms with Gasteiger partial charge in [0.05, 0.1) is 33.7 Å². The molecule has 0 bridgehead atoms. The number of amides is 2. The minimum absolute atomic E-state index is 0.0529. The number of ether oxygens (including phenoxy) is 2. The van der Waals surface area contributed by atoms with E-state index in [2.05, 4.69) is 22.8 Å². The minimum Gasteiger partial charge on any atom is -0.484 e. The molecule has 2 amide bonds. The number of nitrogens with two attached hydrogens (primary N) is 1. The zero-order valence-electron chi connectivity index (χ0n) is 26.3. The molecule has 0 saturated carbocycles. The lowest BCUT2D eigenvalue weighted by atomic mass is 9.84. The second kappa shape index (κ2) is 14.9. The molecule has 1 aliphatic rings. The number of benzene rings is 4. The number of hydrogen-bond acceptors (Lipinski definition) is 9. The van der Waals surface area contributed by atoms with Crippen molar-refractivity contribution in [1.82, 2.24) is 4.57 Å². The van der Waals surface area contributed by atoms with Crippen LogP contribution in [0.2, 0.25) is 0 Å². The number of anilines is 2. The quantitative estimate of drug-likeness (QED) is 0.199. The first-order chi connectivity index (χ1) is 24.3. The summed E-state index contributed by atoms with van der Waals surface area (Å²) in [5.74, 6) is -0.621. The fourth-order valence-corrected chi connectivity index (χ4v) is 6.42. The van der Waals surface area contributed by atoms with Crippen LogP contribution in [0.3, 0.4) is 0 Å². The molecule has 1 aliphatic heterocycles. The maximum Gasteiger partial charge on any atom is 0.274 e. The Morgan fingerprint density at radius 3 is 1.76 bits per heavy atom. The van der Waals surface area contributed by atoms with E-state index in [-0.39, 0.29) is 42.0 Å². The van der Waals surface area contributed by atoms with Crippen LogP contribution in [0, 0.1) is 22.7 Å². The van der Waals surface area contributed by atoms with Gasteiger partial charge in [-0.05, 0) is 65.7 Å². The van der Waals surface area contributed by atoms with Crippen molar-refractivity contribution in [3.05, 3.63) is 145 Å². The molecular formula is C38H28N6O5S. The molecule has 4 aromatic carbocycles. The molecule has 50 heavy (non-hydrogen) atoms. The molecular weight excluding hydrogens is 653 g/mol. The van der Waals surface area contributed by atoms with Crippen molar-refractivity contribution >= 4 is 52.0 Å². The van der Waals surface area contributed by atoms with E-state index in [0.29, 0.717) is 43.2 Å². The van der Waals surface area contributed by atoms with E-state index in [1.165, 1.54) is 4.57 Å². The third-order valence-corrected chi connectivity index (χ3v) is 8.74. The summed E-state index contributed by atoms with van der Waals surface area (Å²) in [6.45, 7) is -0.397. The van der Waals surface area contributed by atoms with Gasteiger partial charge in [0.25, 0.3) is 17.4 Å². The zero-order chi connectivity index (χ0) is 35.0. The Kier molecular flexibility index (Phi) is 9.84. The summed E-state index contributed by atoms with van der Waals surface area (Å²) >= 11 is 1.10. The van der Waals surface area contributed by atoms with Crippen molar-refractivity contribution in [3.63, 3.8) is 0 Å². The highest BCUT2D eigenvalue weighted by Crippen LogP contribution is 2.36. The first-order valence-electron chi connectivity index (χ1n) is 15.3. The van der Waals surface area contributed by atoms with Gasteiger partial charge in [0.15, 0.2) is 13.2 Å². The van der Waals surface area contributed by atoms with E-state index in [4.69, 9.17) is 15.2 Å². The number of rotatable bonds is 10. The van der Waals surface area contributed by atoms with Gasteiger partial charge < -0.3 is 25.8 Å². The van der Waals surface area contributed by atoms with Crippen LogP contribution in [-0.2, 0) is 9.59 Å². The zero-order valence-corrected chi connectivity index (χ0v) is 27.1. The van der Waals surface area contributed by atoms with Gasteiger partial charge in [0.1, 0.15) is 22.0 Å². The Morgan fingerprint density at radius 2 is 1.26 bits per heavy atom. The molecule has 5 aromatic rings.